The van der Waals surface area contributed by atoms with Crippen molar-refractivity contribution in [1.29, 1.82) is 0 Å². The number of hydrogen-bond acceptors (Lipinski definition) is 5. The van der Waals surface area contributed by atoms with Gasteiger partial charge in [0.05, 0.1) is 12.0 Å². The summed E-state index contributed by atoms with van der Waals surface area (Å²) in [4.78, 5) is 21.2. The Kier molecular flexibility index (Phi) is 4.47. The van der Waals surface area contributed by atoms with Crippen molar-refractivity contribution in [1.82, 2.24) is 0 Å². The van der Waals surface area contributed by atoms with Gasteiger partial charge in [0.15, 0.2) is 0 Å². The minimum Gasteiger partial charge on any atom is -0.497 e. The van der Waals surface area contributed by atoms with Crippen LogP contribution in [0.3, 0.4) is 0 Å². The van der Waals surface area contributed by atoms with Crippen LogP contribution in [-0.2, 0) is 4.79 Å². The lowest BCUT2D eigenvalue weighted by atomic mass is 10.2. The van der Waals surface area contributed by atoms with Gasteiger partial charge in [-0.15, -0.1) is 0 Å². The number of ether oxygens (including phenoxy) is 1. The predicted octanol–water partition coefficient (Wildman–Crippen LogP) is 1.88. The van der Waals surface area contributed by atoms with Gasteiger partial charge in [-0.3, -0.25) is 10.1 Å². The molecule has 2 N–H and O–H groups in total. The van der Waals surface area contributed by atoms with Gasteiger partial charge >= 0.3 is 5.97 Å². The lowest BCUT2D eigenvalue weighted by Gasteiger charge is -2.14. The second kappa shape index (κ2) is 5.85. The second-order valence-corrected chi connectivity index (χ2v) is 3.58. The molecule has 0 radical (unpaired) electrons. The Bertz CT molecular complexity index is 461. The van der Waals surface area contributed by atoms with Crippen LogP contribution in [0.1, 0.15) is 13.3 Å². The van der Waals surface area contributed by atoms with Crippen molar-refractivity contribution < 1.29 is 19.6 Å². The summed E-state index contributed by atoms with van der Waals surface area (Å²) in [5.74, 6) is -0.641. The largest absolute Gasteiger partial charge is 0.497 e. The molecule has 1 atom stereocenters. The molecule has 0 saturated carbocycles. The molecule has 0 aromatic heterocycles. The molecule has 18 heavy (non-hydrogen) atoms. The Morgan fingerprint density at radius 1 is 1.61 bits per heavy atom. The van der Waals surface area contributed by atoms with E-state index in [-0.39, 0.29) is 11.4 Å². The number of carbonyl (C=O) groups is 1. The fraction of sp³-hybridized carbons (Fsp3) is 0.364. The molecule has 1 aromatic carbocycles. The summed E-state index contributed by atoms with van der Waals surface area (Å²) in [6, 6.07) is 3.25. The van der Waals surface area contributed by atoms with E-state index in [0.717, 1.165) is 0 Å². The van der Waals surface area contributed by atoms with Crippen LogP contribution in [0.4, 0.5) is 11.4 Å². The first kappa shape index (κ1) is 13.8. The van der Waals surface area contributed by atoms with Crippen molar-refractivity contribution in [2.75, 3.05) is 12.4 Å². The Balaban J connectivity index is 3.11. The third kappa shape index (κ3) is 3.09. The molecule has 0 aliphatic carbocycles. The first-order valence-corrected chi connectivity index (χ1v) is 5.31. The van der Waals surface area contributed by atoms with Gasteiger partial charge in [0.2, 0.25) is 0 Å². The summed E-state index contributed by atoms with van der Waals surface area (Å²) >= 11 is 0. The first-order valence-electron chi connectivity index (χ1n) is 5.31. The Labute approximate surface area is 104 Å². The number of nitrogens with zero attached hydrogens (tertiary/aromatic N) is 1. The zero-order valence-corrected chi connectivity index (χ0v) is 10.0. The number of anilines is 1. The molecular formula is C11H14N2O5. The van der Waals surface area contributed by atoms with E-state index in [4.69, 9.17) is 9.84 Å². The van der Waals surface area contributed by atoms with Crippen LogP contribution in [0, 0.1) is 10.1 Å². The quantitative estimate of drug-likeness (QED) is 0.593. The minimum atomic E-state index is -1.06. The predicted molar refractivity (Wildman–Crippen MR) is 65.0 cm³/mol. The zero-order chi connectivity index (χ0) is 13.7. The maximum Gasteiger partial charge on any atom is 0.326 e. The van der Waals surface area contributed by atoms with Gasteiger partial charge < -0.3 is 15.2 Å². The number of carboxylic acids is 1. The third-order valence-corrected chi connectivity index (χ3v) is 2.44. The van der Waals surface area contributed by atoms with E-state index >= 15 is 0 Å². The monoisotopic (exact) mass is 254 g/mol. The topological polar surface area (TPSA) is 102 Å². The fourth-order valence-corrected chi connectivity index (χ4v) is 1.44. The highest BCUT2D eigenvalue weighted by Crippen LogP contribution is 2.29. The SMILES string of the molecule is CC[C@H](Nc1cc(OC)ccc1[N+](=O)[O-])C(=O)O. The van der Waals surface area contributed by atoms with Gasteiger partial charge in [0, 0.05) is 12.1 Å². The number of hydrogen-bond donors (Lipinski definition) is 2. The van der Waals surface area contributed by atoms with Gasteiger partial charge in [-0.1, -0.05) is 6.92 Å². The van der Waals surface area contributed by atoms with E-state index in [1.54, 1.807) is 6.92 Å². The van der Waals surface area contributed by atoms with Gasteiger partial charge in [-0.05, 0) is 12.5 Å². The Morgan fingerprint density at radius 3 is 2.72 bits per heavy atom. The molecule has 7 nitrogen and oxygen atoms in total. The lowest BCUT2D eigenvalue weighted by Crippen LogP contribution is -2.28. The van der Waals surface area contributed by atoms with Crippen LogP contribution in [0.2, 0.25) is 0 Å². The molecule has 7 heteroatoms. The highest BCUT2D eigenvalue weighted by Gasteiger charge is 2.21. The summed E-state index contributed by atoms with van der Waals surface area (Å²) in [7, 11) is 1.43. The molecule has 0 unspecified atom stereocenters. The zero-order valence-electron chi connectivity index (χ0n) is 10.0. The Hall–Kier alpha value is -2.31. The van der Waals surface area contributed by atoms with E-state index in [1.165, 1.54) is 25.3 Å². The molecule has 0 spiro atoms. The van der Waals surface area contributed by atoms with Crippen molar-refractivity contribution in [3.05, 3.63) is 28.3 Å². The molecule has 0 heterocycles. The number of aliphatic carboxylic acids is 1. The summed E-state index contributed by atoms with van der Waals surface area (Å²) in [5, 5.41) is 22.4. The van der Waals surface area contributed by atoms with Crippen molar-refractivity contribution in [2.24, 2.45) is 0 Å². The van der Waals surface area contributed by atoms with E-state index in [9.17, 15) is 14.9 Å². The molecule has 0 aliphatic heterocycles. The van der Waals surface area contributed by atoms with Gasteiger partial charge in [0.25, 0.3) is 5.69 Å². The van der Waals surface area contributed by atoms with Crippen molar-refractivity contribution in [3.8, 4) is 5.75 Å². The highest BCUT2D eigenvalue weighted by atomic mass is 16.6. The van der Waals surface area contributed by atoms with E-state index in [1.807, 2.05) is 0 Å². The average molecular weight is 254 g/mol. The maximum atomic E-state index is 10.9. The standard InChI is InChI=1S/C11H14N2O5/c1-3-8(11(14)15)12-9-6-7(18-2)4-5-10(9)13(16)17/h4-6,8,12H,3H2,1-2H3,(H,14,15)/t8-/m0/s1. The van der Waals surface area contributed by atoms with Crippen molar-refractivity contribution >= 4 is 17.3 Å². The fourth-order valence-electron chi connectivity index (χ4n) is 1.44. The normalized spacial score (nSPS) is 11.7. The number of rotatable bonds is 6. The number of nitrogens with one attached hydrogen (secondary N) is 1. The van der Waals surface area contributed by atoms with Crippen LogP contribution in [0.15, 0.2) is 18.2 Å². The van der Waals surface area contributed by atoms with Crippen LogP contribution in [-0.4, -0.2) is 29.2 Å². The third-order valence-electron chi connectivity index (χ3n) is 2.44. The number of benzene rings is 1. The van der Waals surface area contributed by atoms with E-state index < -0.39 is 16.9 Å². The average Bonchev–Trinajstić information content (AvgIpc) is 2.34. The van der Waals surface area contributed by atoms with Crippen molar-refractivity contribution in [2.45, 2.75) is 19.4 Å². The molecule has 0 saturated heterocycles. The van der Waals surface area contributed by atoms with Crippen LogP contribution in [0.5, 0.6) is 5.75 Å². The summed E-state index contributed by atoms with van der Waals surface area (Å²) < 4.78 is 4.96. The lowest BCUT2D eigenvalue weighted by molar-refractivity contribution is -0.384. The maximum absolute atomic E-state index is 10.9. The van der Waals surface area contributed by atoms with Crippen LogP contribution >= 0.6 is 0 Å². The molecule has 0 amide bonds. The molecule has 0 bridgehead atoms. The number of nitro benzene ring substituents is 1. The van der Waals surface area contributed by atoms with Gasteiger partial charge in [-0.2, -0.15) is 0 Å². The number of nitro groups is 1. The number of carboxylic acid groups (broad SMARTS) is 1. The Morgan fingerprint density at radius 2 is 2.28 bits per heavy atom. The van der Waals surface area contributed by atoms with E-state index in [0.29, 0.717) is 12.2 Å². The van der Waals surface area contributed by atoms with Crippen LogP contribution in [0.25, 0.3) is 0 Å². The second-order valence-electron chi connectivity index (χ2n) is 3.58. The molecule has 98 valence electrons. The summed E-state index contributed by atoms with van der Waals surface area (Å²) in [6.07, 6.45) is 0.309. The summed E-state index contributed by atoms with van der Waals surface area (Å²) in [5.41, 5.74) is -0.0518. The number of methoxy groups -OCH3 is 1. The minimum absolute atomic E-state index is 0.133. The van der Waals surface area contributed by atoms with Crippen molar-refractivity contribution in [3.63, 3.8) is 0 Å². The van der Waals surface area contributed by atoms with Crippen LogP contribution < -0.4 is 10.1 Å². The molecule has 1 aromatic rings. The molecular weight excluding hydrogens is 240 g/mol. The molecule has 0 aliphatic rings. The van der Waals surface area contributed by atoms with Gasteiger partial charge in [0.1, 0.15) is 17.5 Å². The molecule has 1 rings (SSSR count). The highest BCUT2D eigenvalue weighted by molar-refractivity contribution is 5.79. The van der Waals surface area contributed by atoms with Gasteiger partial charge in [-0.25, -0.2) is 4.79 Å². The molecule has 0 fully saturated rings. The summed E-state index contributed by atoms with van der Waals surface area (Å²) in [6.45, 7) is 1.68. The smallest absolute Gasteiger partial charge is 0.326 e. The first-order chi connectivity index (χ1) is 8.49. The van der Waals surface area contributed by atoms with E-state index in [2.05, 4.69) is 5.32 Å².